The van der Waals surface area contributed by atoms with Gasteiger partial charge in [0, 0.05) is 64.0 Å². The molecule has 1 aromatic carbocycles. The van der Waals surface area contributed by atoms with Crippen molar-refractivity contribution in [3.8, 4) is 0 Å². The van der Waals surface area contributed by atoms with Crippen molar-refractivity contribution in [3.05, 3.63) is 29.3 Å². The van der Waals surface area contributed by atoms with Gasteiger partial charge in [-0.05, 0) is 49.1 Å². The zero-order valence-corrected chi connectivity index (χ0v) is 22.6. The Morgan fingerprint density at radius 3 is 2.14 bits per heavy atom. The average molecular weight is 507 g/mol. The molecule has 0 unspecified atom stereocenters. The van der Waals surface area contributed by atoms with Gasteiger partial charge in [-0.15, -0.1) is 0 Å². The quantitative estimate of drug-likeness (QED) is 0.627. The summed E-state index contributed by atoms with van der Waals surface area (Å²) in [5.41, 5.74) is 2.49. The molecular formula is C26H42N4O4S. The van der Waals surface area contributed by atoms with E-state index in [0.717, 1.165) is 43.6 Å². The molecule has 1 aromatic rings. The summed E-state index contributed by atoms with van der Waals surface area (Å²) in [5.74, 6) is 0.456. The van der Waals surface area contributed by atoms with E-state index in [2.05, 4.69) is 18.7 Å². The first kappa shape index (κ1) is 27.6. The number of benzene rings is 1. The topological polar surface area (TPSA) is 81.2 Å². The van der Waals surface area contributed by atoms with Crippen LogP contribution in [0.5, 0.6) is 0 Å². The maximum Gasteiger partial charge on any atom is 0.253 e. The Bertz CT molecular complexity index is 987. The first-order valence-corrected chi connectivity index (χ1v) is 14.8. The van der Waals surface area contributed by atoms with E-state index in [9.17, 15) is 18.0 Å². The number of hydrogen-bond acceptors (Lipinski definition) is 5. The van der Waals surface area contributed by atoms with Gasteiger partial charge in [-0.3, -0.25) is 14.5 Å². The van der Waals surface area contributed by atoms with Gasteiger partial charge in [0.1, 0.15) is 0 Å². The Morgan fingerprint density at radius 2 is 1.54 bits per heavy atom. The molecule has 2 aliphatic heterocycles. The third-order valence-corrected chi connectivity index (χ3v) is 8.17. The van der Waals surface area contributed by atoms with Crippen molar-refractivity contribution >= 4 is 27.5 Å². The number of hydrogen-bond donors (Lipinski definition) is 0. The van der Waals surface area contributed by atoms with Crippen molar-refractivity contribution in [1.82, 2.24) is 14.1 Å². The van der Waals surface area contributed by atoms with Crippen molar-refractivity contribution in [2.24, 2.45) is 5.92 Å². The first-order chi connectivity index (χ1) is 16.6. The maximum absolute atomic E-state index is 13.4. The zero-order valence-electron chi connectivity index (χ0n) is 21.8. The summed E-state index contributed by atoms with van der Waals surface area (Å²) in [7, 11) is -3.25. The van der Waals surface area contributed by atoms with Crippen LogP contribution in [0.15, 0.2) is 18.2 Å². The summed E-state index contributed by atoms with van der Waals surface area (Å²) in [6, 6.07) is 5.70. The van der Waals surface area contributed by atoms with Crippen LogP contribution >= 0.6 is 0 Å². The standard InChI is InChI=1S/C26H42N4O4S/c1-21(2)19-27-12-8-6-5-7-9-13-30(22(3)31)25-11-10-23(18-24(25)20-27)26(32)28-14-16-29(17-15-28)35(4,33)34/h10-11,18,21H,5-9,12-17,19-20H2,1-4H3. The normalized spacial score (nSPS) is 19.7. The van der Waals surface area contributed by atoms with Gasteiger partial charge in [0.25, 0.3) is 5.91 Å². The second kappa shape index (κ2) is 12.3. The lowest BCUT2D eigenvalue weighted by Gasteiger charge is -2.34. The van der Waals surface area contributed by atoms with Crippen LogP contribution in [0.25, 0.3) is 0 Å². The van der Waals surface area contributed by atoms with E-state index in [-0.39, 0.29) is 11.8 Å². The molecule has 0 bridgehead atoms. The lowest BCUT2D eigenvalue weighted by molar-refractivity contribution is -0.116. The molecule has 8 nitrogen and oxygen atoms in total. The highest BCUT2D eigenvalue weighted by molar-refractivity contribution is 7.88. The Labute approximate surface area is 211 Å². The summed E-state index contributed by atoms with van der Waals surface area (Å²) in [5, 5.41) is 0. The second-order valence-electron chi connectivity index (χ2n) is 10.4. The molecular weight excluding hydrogens is 464 g/mol. The zero-order chi connectivity index (χ0) is 25.6. The average Bonchev–Trinajstić information content (AvgIpc) is 2.78. The van der Waals surface area contributed by atoms with E-state index in [4.69, 9.17) is 0 Å². The van der Waals surface area contributed by atoms with Gasteiger partial charge >= 0.3 is 0 Å². The molecule has 1 fully saturated rings. The lowest BCUT2D eigenvalue weighted by atomic mass is 10.0. The molecule has 0 aromatic heterocycles. The monoisotopic (exact) mass is 506 g/mol. The number of rotatable bonds is 4. The van der Waals surface area contributed by atoms with E-state index in [1.807, 2.05) is 23.1 Å². The molecule has 3 rings (SSSR count). The van der Waals surface area contributed by atoms with Gasteiger partial charge in [-0.2, -0.15) is 4.31 Å². The van der Waals surface area contributed by atoms with E-state index >= 15 is 0 Å². The van der Waals surface area contributed by atoms with Gasteiger partial charge in [0.05, 0.1) is 6.26 Å². The highest BCUT2D eigenvalue weighted by Crippen LogP contribution is 2.27. The van der Waals surface area contributed by atoms with Crippen molar-refractivity contribution in [2.75, 3.05) is 57.0 Å². The molecule has 2 aliphatic rings. The van der Waals surface area contributed by atoms with Gasteiger partial charge in [0.15, 0.2) is 0 Å². The highest BCUT2D eigenvalue weighted by Gasteiger charge is 2.27. The Hall–Kier alpha value is -1.97. The molecule has 9 heteroatoms. The SMILES string of the molecule is CC(=O)N1CCCCCCCN(CC(C)C)Cc2cc(C(=O)N3CCN(S(C)(=O)=O)CC3)ccc21. The number of anilines is 1. The molecule has 0 radical (unpaired) electrons. The first-order valence-electron chi connectivity index (χ1n) is 12.9. The number of carbonyl (C=O) groups excluding carboxylic acids is 2. The van der Waals surface area contributed by atoms with Crippen molar-refractivity contribution in [1.29, 1.82) is 0 Å². The van der Waals surface area contributed by atoms with Crippen molar-refractivity contribution in [2.45, 2.75) is 59.4 Å². The number of piperazine rings is 1. The fourth-order valence-corrected chi connectivity index (χ4v) is 5.92. The van der Waals surface area contributed by atoms with Crippen LogP contribution in [0.2, 0.25) is 0 Å². The molecule has 196 valence electrons. The van der Waals surface area contributed by atoms with Gasteiger partial charge in [0.2, 0.25) is 15.9 Å². The van der Waals surface area contributed by atoms with Crippen molar-refractivity contribution < 1.29 is 18.0 Å². The number of nitrogens with zero attached hydrogens (tertiary/aromatic N) is 4. The summed E-state index contributed by atoms with van der Waals surface area (Å²) in [4.78, 5) is 32.0. The van der Waals surface area contributed by atoms with E-state index in [1.54, 1.807) is 11.8 Å². The van der Waals surface area contributed by atoms with Crippen LogP contribution in [0.1, 0.15) is 68.8 Å². The lowest BCUT2D eigenvalue weighted by Crippen LogP contribution is -2.50. The predicted molar refractivity (Wildman–Crippen MR) is 140 cm³/mol. The van der Waals surface area contributed by atoms with Crippen LogP contribution in [0, 0.1) is 5.92 Å². The Morgan fingerprint density at radius 1 is 0.914 bits per heavy atom. The molecule has 1 saturated heterocycles. The second-order valence-corrected chi connectivity index (χ2v) is 12.3. The van der Waals surface area contributed by atoms with E-state index < -0.39 is 10.0 Å². The third kappa shape index (κ3) is 7.75. The van der Waals surface area contributed by atoms with Crippen LogP contribution in [0.4, 0.5) is 5.69 Å². The van der Waals surface area contributed by atoms with E-state index in [0.29, 0.717) is 50.7 Å². The summed E-state index contributed by atoms with van der Waals surface area (Å²) in [6.45, 7) is 10.8. The van der Waals surface area contributed by atoms with Crippen LogP contribution in [0.3, 0.4) is 0 Å². The smallest absolute Gasteiger partial charge is 0.253 e. The van der Waals surface area contributed by atoms with Crippen molar-refractivity contribution in [3.63, 3.8) is 0 Å². The minimum atomic E-state index is -3.25. The summed E-state index contributed by atoms with van der Waals surface area (Å²) < 4.78 is 25.1. The van der Waals surface area contributed by atoms with E-state index in [1.165, 1.54) is 23.4 Å². The number of sulfonamides is 1. The molecule has 35 heavy (non-hydrogen) atoms. The van der Waals surface area contributed by atoms with Crippen LogP contribution in [-0.2, 0) is 21.4 Å². The molecule has 2 amide bonds. The van der Waals surface area contributed by atoms with Crippen LogP contribution < -0.4 is 4.90 Å². The predicted octanol–water partition coefficient (Wildman–Crippen LogP) is 3.18. The van der Waals surface area contributed by atoms with Crippen LogP contribution in [-0.4, -0.2) is 86.4 Å². The Balaban J connectivity index is 1.90. The largest absolute Gasteiger partial charge is 0.336 e. The molecule has 0 spiro atoms. The number of amides is 2. The summed E-state index contributed by atoms with van der Waals surface area (Å²) in [6.07, 6.45) is 6.83. The fourth-order valence-electron chi connectivity index (χ4n) is 5.09. The number of carbonyl (C=O) groups is 2. The molecule has 0 N–H and O–H groups in total. The summed E-state index contributed by atoms with van der Waals surface area (Å²) >= 11 is 0. The Kier molecular flexibility index (Phi) is 9.72. The molecule has 2 heterocycles. The number of fused-ring (bicyclic) bond motifs is 1. The van der Waals surface area contributed by atoms with Gasteiger partial charge in [-0.25, -0.2) is 8.42 Å². The third-order valence-electron chi connectivity index (χ3n) is 6.87. The molecule has 0 aliphatic carbocycles. The highest BCUT2D eigenvalue weighted by atomic mass is 32.2. The van der Waals surface area contributed by atoms with Gasteiger partial charge in [-0.1, -0.05) is 33.1 Å². The molecule has 0 atom stereocenters. The minimum absolute atomic E-state index is 0.0229. The molecule has 0 saturated carbocycles. The van der Waals surface area contributed by atoms with Gasteiger partial charge < -0.3 is 9.80 Å². The minimum Gasteiger partial charge on any atom is -0.336 e. The maximum atomic E-state index is 13.4. The fraction of sp³-hybridized carbons (Fsp3) is 0.692.